The largest absolute Gasteiger partial charge is 0.489 e. The molecule has 3 amide bonds. The highest BCUT2D eigenvalue weighted by molar-refractivity contribution is 5.81. The summed E-state index contributed by atoms with van der Waals surface area (Å²) in [5, 5.41) is 3.09. The van der Waals surface area contributed by atoms with Crippen molar-refractivity contribution in [3.05, 3.63) is 30.3 Å². The maximum atomic E-state index is 12.5. The normalized spacial score (nSPS) is 23.3. The molecule has 27 heavy (non-hydrogen) atoms. The van der Waals surface area contributed by atoms with Crippen molar-refractivity contribution < 1.29 is 14.3 Å². The van der Waals surface area contributed by atoms with E-state index in [1.54, 1.807) is 0 Å². The Kier molecular flexibility index (Phi) is 5.50. The third-order valence-electron chi connectivity index (χ3n) is 5.87. The molecule has 1 aromatic rings. The number of hydrogen-bond acceptors (Lipinski definition) is 3. The van der Waals surface area contributed by atoms with Crippen molar-refractivity contribution in [2.45, 2.75) is 38.2 Å². The van der Waals surface area contributed by atoms with Gasteiger partial charge in [0, 0.05) is 38.5 Å². The van der Waals surface area contributed by atoms with Crippen molar-refractivity contribution in [3.8, 4) is 5.75 Å². The molecular weight excluding hydrogens is 342 g/mol. The zero-order chi connectivity index (χ0) is 18.6. The molecule has 0 aromatic heterocycles. The van der Waals surface area contributed by atoms with Gasteiger partial charge < -0.3 is 19.9 Å². The molecule has 2 saturated heterocycles. The molecule has 3 aliphatic rings. The highest BCUT2D eigenvalue weighted by atomic mass is 16.5. The molecule has 0 spiro atoms. The molecule has 0 radical (unpaired) electrons. The Morgan fingerprint density at radius 1 is 0.963 bits per heavy atom. The van der Waals surface area contributed by atoms with Crippen LogP contribution < -0.4 is 10.1 Å². The zero-order valence-electron chi connectivity index (χ0n) is 15.8. The van der Waals surface area contributed by atoms with Crippen LogP contribution in [0.15, 0.2) is 30.3 Å². The van der Waals surface area contributed by atoms with Gasteiger partial charge in [0.2, 0.25) is 5.91 Å². The van der Waals surface area contributed by atoms with Gasteiger partial charge in [-0.15, -0.1) is 0 Å². The van der Waals surface area contributed by atoms with Crippen LogP contribution in [0.4, 0.5) is 4.79 Å². The van der Waals surface area contributed by atoms with E-state index in [4.69, 9.17) is 4.74 Å². The van der Waals surface area contributed by atoms with Gasteiger partial charge >= 0.3 is 6.03 Å². The Labute approximate surface area is 160 Å². The molecule has 2 heterocycles. The van der Waals surface area contributed by atoms with Gasteiger partial charge in [-0.05, 0) is 43.7 Å². The van der Waals surface area contributed by atoms with E-state index in [9.17, 15) is 9.59 Å². The Morgan fingerprint density at radius 3 is 2.37 bits per heavy atom. The summed E-state index contributed by atoms with van der Waals surface area (Å²) in [6.07, 6.45) is 5.04. The third kappa shape index (κ3) is 4.73. The van der Waals surface area contributed by atoms with E-state index >= 15 is 0 Å². The average Bonchev–Trinajstić information content (AvgIpc) is 3.46. The van der Waals surface area contributed by atoms with Crippen LogP contribution in [-0.4, -0.2) is 60.6 Å². The van der Waals surface area contributed by atoms with E-state index in [0.29, 0.717) is 30.8 Å². The van der Waals surface area contributed by atoms with Gasteiger partial charge in [-0.2, -0.15) is 0 Å². The molecule has 3 fully saturated rings. The summed E-state index contributed by atoms with van der Waals surface area (Å²) in [5.74, 6) is 1.98. The number of piperidine rings is 1. The number of hydrogen-bond donors (Lipinski definition) is 1. The Balaban J connectivity index is 1.15. The lowest BCUT2D eigenvalue weighted by Crippen LogP contribution is -2.45. The number of benzene rings is 1. The smallest absolute Gasteiger partial charge is 0.317 e. The molecular formula is C21H29N3O3. The first-order chi connectivity index (χ1) is 13.2. The van der Waals surface area contributed by atoms with Crippen LogP contribution in [0.5, 0.6) is 5.75 Å². The highest BCUT2D eigenvalue weighted by Gasteiger charge is 2.35. The zero-order valence-corrected chi connectivity index (χ0v) is 15.8. The van der Waals surface area contributed by atoms with E-state index in [-0.39, 0.29) is 12.1 Å². The first-order valence-corrected chi connectivity index (χ1v) is 10.2. The SMILES string of the molecule is O=C(NCC1CCN(C(=O)C2CC2)CC1)N1CC[C@H](Oc2ccccc2)C1. The number of nitrogens with one attached hydrogen (secondary N) is 1. The second kappa shape index (κ2) is 8.19. The molecule has 146 valence electrons. The quantitative estimate of drug-likeness (QED) is 0.865. The molecule has 4 rings (SSSR count). The van der Waals surface area contributed by atoms with Crippen LogP contribution >= 0.6 is 0 Å². The summed E-state index contributed by atoms with van der Waals surface area (Å²) in [7, 11) is 0. The second-order valence-electron chi connectivity index (χ2n) is 8.02. The summed E-state index contributed by atoms with van der Waals surface area (Å²) in [6.45, 7) is 3.75. The highest BCUT2D eigenvalue weighted by Crippen LogP contribution is 2.32. The van der Waals surface area contributed by atoms with E-state index in [2.05, 4.69) is 5.32 Å². The van der Waals surface area contributed by atoms with Crippen molar-refractivity contribution in [1.82, 2.24) is 15.1 Å². The minimum absolute atomic E-state index is 0.00523. The summed E-state index contributed by atoms with van der Waals surface area (Å²) < 4.78 is 5.95. The lowest BCUT2D eigenvalue weighted by atomic mass is 9.96. The van der Waals surface area contributed by atoms with Gasteiger partial charge in [-0.25, -0.2) is 4.79 Å². The monoisotopic (exact) mass is 371 g/mol. The summed E-state index contributed by atoms with van der Waals surface area (Å²) in [6, 6.07) is 9.78. The molecule has 0 unspecified atom stereocenters. The molecule has 1 atom stereocenters. The van der Waals surface area contributed by atoms with Gasteiger partial charge in [0.25, 0.3) is 0 Å². The predicted octanol–water partition coefficient (Wildman–Crippen LogP) is 2.50. The minimum Gasteiger partial charge on any atom is -0.489 e. The number of carbonyl (C=O) groups excluding carboxylic acids is 2. The van der Waals surface area contributed by atoms with Crippen LogP contribution in [0.3, 0.4) is 0 Å². The maximum Gasteiger partial charge on any atom is 0.317 e. The Bertz CT molecular complexity index is 654. The summed E-state index contributed by atoms with van der Waals surface area (Å²) in [4.78, 5) is 28.4. The molecule has 1 N–H and O–H groups in total. The summed E-state index contributed by atoms with van der Waals surface area (Å²) in [5.41, 5.74) is 0. The van der Waals surface area contributed by atoms with Gasteiger partial charge in [0.05, 0.1) is 6.54 Å². The van der Waals surface area contributed by atoms with Crippen LogP contribution in [0.2, 0.25) is 0 Å². The standard InChI is InChI=1S/C21H29N3O3/c25-20(17-6-7-17)23-11-8-16(9-12-23)14-22-21(26)24-13-10-19(15-24)27-18-4-2-1-3-5-18/h1-5,16-17,19H,6-15H2,(H,22,26)/t19-/m0/s1. The van der Waals surface area contributed by atoms with Crippen LogP contribution in [-0.2, 0) is 4.79 Å². The first kappa shape index (κ1) is 18.1. The van der Waals surface area contributed by atoms with Crippen LogP contribution in [0.25, 0.3) is 0 Å². The number of likely N-dealkylation sites (tertiary alicyclic amines) is 2. The van der Waals surface area contributed by atoms with E-state index in [0.717, 1.165) is 57.5 Å². The van der Waals surface area contributed by atoms with E-state index < -0.39 is 0 Å². The number of carbonyl (C=O) groups is 2. The number of para-hydroxylation sites is 1. The van der Waals surface area contributed by atoms with Crippen molar-refractivity contribution in [3.63, 3.8) is 0 Å². The predicted molar refractivity (Wildman–Crippen MR) is 102 cm³/mol. The molecule has 6 nitrogen and oxygen atoms in total. The fraction of sp³-hybridized carbons (Fsp3) is 0.619. The molecule has 2 aliphatic heterocycles. The lowest BCUT2D eigenvalue weighted by molar-refractivity contribution is -0.133. The molecule has 1 saturated carbocycles. The van der Waals surface area contributed by atoms with Crippen molar-refractivity contribution in [1.29, 1.82) is 0 Å². The van der Waals surface area contributed by atoms with E-state index in [1.807, 2.05) is 40.1 Å². The molecule has 6 heteroatoms. The molecule has 0 bridgehead atoms. The van der Waals surface area contributed by atoms with Crippen molar-refractivity contribution in [2.75, 3.05) is 32.7 Å². The number of amides is 3. The number of ether oxygens (including phenoxy) is 1. The number of nitrogens with zero attached hydrogens (tertiary/aromatic N) is 2. The maximum absolute atomic E-state index is 12.5. The van der Waals surface area contributed by atoms with E-state index in [1.165, 1.54) is 0 Å². The summed E-state index contributed by atoms with van der Waals surface area (Å²) >= 11 is 0. The second-order valence-corrected chi connectivity index (χ2v) is 8.02. The Morgan fingerprint density at radius 2 is 1.67 bits per heavy atom. The van der Waals surface area contributed by atoms with Crippen LogP contribution in [0.1, 0.15) is 32.1 Å². The van der Waals surface area contributed by atoms with Crippen molar-refractivity contribution >= 4 is 11.9 Å². The topological polar surface area (TPSA) is 61.9 Å². The Hall–Kier alpha value is -2.24. The fourth-order valence-corrected chi connectivity index (χ4v) is 3.99. The lowest BCUT2D eigenvalue weighted by Gasteiger charge is -2.32. The third-order valence-corrected chi connectivity index (χ3v) is 5.87. The molecule has 1 aliphatic carbocycles. The average molecular weight is 371 g/mol. The van der Waals surface area contributed by atoms with Gasteiger partial charge in [0.1, 0.15) is 11.9 Å². The van der Waals surface area contributed by atoms with Crippen molar-refractivity contribution in [2.24, 2.45) is 11.8 Å². The number of urea groups is 1. The number of rotatable bonds is 5. The van der Waals surface area contributed by atoms with Gasteiger partial charge in [0.15, 0.2) is 0 Å². The fourth-order valence-electron chi connectivity index (χ4n) is 3.99. The van der Waals surface area contributed by atoms with Crippen LogP contribution in [0, 0.1) is 11.8 Å². The molecule has 1 aromatic carbocycles. The van der Waals surface area contributed by atoms with Gasteiger partial charge in [-0.1, -0.05) is 18.2 Å². The van der Waals surface area contributed by atoms with Gasteiger partial charge in [-0.3, -0.25) is 4.79 Å². The minimum atomic E-state index is 0.00523. The first-order valence-electron chi connectivity index (χ1n) is 10.2.